The Morgan fingerprint density at radius 2 is 2.11 bits per heavy atom. The molecule has 0 heterocycles. The molecule has 0 aromatic carbocycles. The van der Waals surface area contributed by atoms with Crippen LogP contribution in [0.25, 0.3) is 0 Å². The number of aliphatic hydroxyl groups excluding tert-OH is 2. The van der Waals surface area contributed by atoms with Gasteiger partial charge < -0.3 is 14.9 Å². The summed E-state index contributed by atoms with van der Waals surface area (Å²) in [6, 6.07) is 0. The molecule has 4 nitrogen and oxygen atoms in total. The van der Waals surface area contributed by atoms with Crippen molar-refractivity contribution in [1.29, 1.82) is 0 Å². The fraction of sp³-hybridized carbons (Fsp3) is 0.533. The van der Waals surface area contributed by atoms with Gasteiger partial charge in [0.1, 0.15) is 6.61 Å². The zero-order chi connectivity index (χ0) is 14.5. The third-order valence-corrected chi connectivity index (χ3v) is 2.56. The number of unbranched alkanes of at least 4 members (excludes halogenated alkanes) is 2. The van der Waals surface area contributed by atoms with Crippen molar-refractivity contribution in [2.75, 3.05) is 13.2 Å². The second-order valence-corrected chi connectivity index (χ2v) is 4.22. The van der Waals surface area contributed by atoms with Crippen molar-refractivity contribution in [3.05, 3.63) is 36.5 Å². The Morgan fingerprint density at radius 3 is 2.74 bits per heavy atom. The van der Waals surface area contributed by atoms with E-state index in [9.17, 15) is 9.90 Å². The maximum Gasteiger partial charge on any atom is 0.309 e. The molecule has 0 aliphatic heterocycles. The zero-order valence-corrected chi connectivity index (χ0v) is 11.5. The van der Waals surface area contributed by atoms with Crippen LogP contribution in [-0.2, 0) is 9.53 Å². The minimum atomic E-state index is -0.787. The quantitative estimate of drug-likeness (QED) is 0.362. The van der Waals surface area contributed by atoms with Crippen molar-refractivity contribution in [2.45, 2.75) is 38.7 Å². The topological polar surface area (TPSA) is 66.8 Å². The highest BCUT2D eigenvalue weighted by Gasteiger charge is 2.12. The van der Waals surface area contributed by atoms with E-state index >= 15 is 0 Å². The van der Waals surface area contributed by atoms with Crippen LogP contribution in [0.4, 0.5) is 0 Å². The van der Waals surface area contributed by atoms with Crippen LogP contribution in [0.1, 0.15) is 32.6 Å². The summed E-state index contributed by atoms with van der Waals surface area (Å²) in [7, 11) is 0. The molecule has 1 atom stereocenters. The molecule has 0 spiro atoms. The Bertz CT molecular complexity index is 318. The Kier molecular flexibility index (Phi) is 10.8. The molecule has 0 radical (unpaired) electrons. The first kappa shape index (κ1) is 17.6. The number of hydrogen-bond acceptors (Lipinski definition) is 4. The van der Waals surface area contributed by atoms with Crippen molar-refractivity contribution >= 4 is 5.97 Å². The number of rotatable bonds is 10. The third kappa shape index (κ3) is 10.2. The van der Waals surface area contributed by atoms with Crippen LogP contribution in [0.5, 0.6) is 0 Å². The summed E-state index contributed by atoms with van der Waals surface area (Å²) in [5, 5.41) is 18.3. The zero-order valence-electron chi connectivity index (χ0n) is 11.5. The molecule has 0 rings (SSSR count). The van der Waals surface area contributed by atoms with Crippen LogP contribution in [0.3, 0.4) is 0 Å². The van der Waals surface area contributed by atoms with E-state index < -0.39 is 12.1 Å². The van der Waals surface area contributed by atoms with Crippen molar-refractivity contribution < 1.29 is 19.7 Å². The lowest BCUT2D eigenvalue weighted by Crippen LogP contribution is -2.16. The first-order chi connectivity index (χ1) is 9.11. The predicted octanol–water partition coefficient (Wildman–Crippen LogP) is 2.13. The van der Waals surface area contributed by atoms with E-state index in [1.165, 1.54) is 6.08 Å². The molecular weight excluding hydrogens is 244 g/mol. The van der Waals surface area contributed by atoms with E-state index in [0.717, 1.165) is 24.8 Å². The van der Waals surface area contributed by atoms with Crippen molar-refractivity contribution in [2.24, 2.45) is 0 Å². The van der Waals surface area contributed by atoms with Gasteiger partial charge in [-0.2, -0.15) is 0 Å². The fourth-order valence-corrected chi connectivity index (χ4v) is 1.42. The summed E-state index contributed by atoms with van der Waals surface area (Å²) < 4.78 is 4.80. The second-order valence-electron chi connectivity index (χ2n) is 4.22. The van der Waals surface area contributed by atoms with Crippen LogP contribution in [0, 0.1) is 0 Å². The Morgan fingerprint density at radius 1 is 1.37 bits per heavy atom. The molecular formula is C15H24O4. The molecule has 0 saturated heterocycles. The average molecular weight is 268 g/mol. The van der Waals surface area contributed by atoms with Gasteiger partial charge in [-0.1, -0.05) is 30.9 Å². The molecule has 108 valence electrons. The van der Waals surface area contributed by atoms with Crippen molar-refractivity contribution in [3.8, 4) is 0 Å². The summed E-state index contributed by atoms with van der Waals surface area (Å²) in [4.78, 5) is 11.3. The standard InChI is InChI=1S/C15H24O4/c1-3-11-19-15(18)12-14(17)13(2)9-7-5-4-6-8-10-16/h3,6,8-9,14,16-17H,1,4-5,7,10-12H2,2H3/b8-6+,13-9+. The summed E-state index contributed by atoms with van der Waals surface area (Å²) in [6.45, 7) is 5.49. The van der Waals surface area contributed by atoms with Crippen LogP contribution < -0.4 is 0 Å². The smallest absolute Gasteiger partial charge is 0.309 e. The molecule has 0 saturated carbocycles. The summed E-state index contributed by atoms with van der Waals surface area (Å²) in [5.74, 6) is -0.425. The number of hydrogen-bond donors (Lipinski definition) is 2. The van der Waals surface area contributed by atoms with Crippen LogP contribution in [0.15, 0.2) is 36.5 Å². The molecule has 0 aliphatic rings. The Hall–Kier alpha value is -1.39. The first-order valence-electron chi connectivity index (χ1n) is 6.49. The van der Waals surface area contributed by atoms with Gasteiger partial charge in [0.25, 0.3) is 0 Å². The summed E-state index contributed by atoms with van der Waals surface area (Å²) in [6.07, 6.45) is 8.91. The van der Waals surface area contributed by atoms with E-state index in [4.69, 9.17) is 9.84 Å². The molecule has 0 aromatic rings. The lowest BCUT2D eigenvalue weighted by Gasteiger charge is -2.10. The molecule has 0 aromatic heterocycles. The lowest BCUT2D eigenvalue weighted by atomic mass is 10.1. The highest BCUT2D eigenvalue weighted by molar-refractivity contribution is 5.70. The van der Waals surface area contributed by atoms with Gasteiger partial charge in [-0.05, 0) is 31.8 Å². The van der Waals surface area contributed by atoms with Gasteiger partial charge in [-0.25, -0.2) is 0 Å². The number of aliphatic hydroxyl groups is 2. The molecule has 4 heteroatoms. The van der Waals surface area contributed by atoms with Crippen molar-refractivity contribution in [3.63, 3.8) is 0 Å². The first-order valence-corrected chi connectivity index (χ1v) is 6.49. The van der Waals surface area contributed by atoms with Gasteiger partial charge in [0.15, 0.2) is 0 Å². The van der Waals surface area contributed by atoms with Gasteiger partial charge in [0, 0.05) is 0 Å². The van der Waals surface area contributed by atoms with Crippen LogP contribution >= 0.6 is 0 Å². The van der Waals surface area contributed by atoms with E-state index in [0.29, 0.717) is 0 Å². The summed E-state index contributed by atoms with van der Waals surface area (Å²) in [5.41, 5.74) is 0.779. The molecule has 1 unspecified atom stereocenters. The predicted molar refractivity (Wildman–Crippen MR) is 75.6 cm³/mol. The monoisotopic (exact) mass is 268 g/mol. The van der Waals surface area contributed by atoms with Gasteiger partial charge in [0.2, 0.25) is 0 Å². The summed E-state index contributed by atoms with van der Waals surface area (Å²) >= 11 is 0. The van der Waals surface area contributed by atoms with Crippen LogP contribution in [0.2, 0.25) is 0 Å². The van der Waals surface area contributed by atoms with E-state index in [2.05, 4.69) is 6.58 Å². The molecule has 0 fully saturated rings. The fourth-order valence-electron chi connectivity index (χ4n) is 1.42. The number of allylic oxidation sites excluding steroid dienone is 2. The number of carbonyl (C=O) groups is 1. The second kappa shape index (κ2) is 11.7. The minimum absolute atomic E-state index is 0.0272. The highest BCUT2D eigenvalue weighted by atomic mass is 16.5. The largest absolute Gasteiger partial charge is 0.461 e. The molecule has 19 heavy (non-hydrogen) atoms. The molecule has 0 bridgehead atoms. The Balaban J connectivity index is 3.89. The average Bonchev–Trinajstić information content (AvgIpc) is 2.40. The van der Waals surface area contributed by atoms with E-state index in [1.54, 1.807) is 13.0 Å². The SMILES string of the molecule is C=CCOC(=O)CC(O)/C(C)=C/CCC/C=C/CO. The number of esters is 1. The van der Waals surface area contributed by atoms with Crippen LogP contribution in [-0.4, -0.2) is 35.5 Å². The Labute approximate surface area is 115 Å². The van der Waals surface area contributed by atoms with E-state index in [1.807, 2.05) is 12.2 Å². The van der Waals surface area contributed by atoms with E-state index in [-0.39, 0.29) is 19.6 Å². The maximum absolute atomic E-state index is 11.3. The minimum Gasteiger partial charge on any atom is -0.461 e. The van der Waals surface area contributed by atoms with Gasteiger partial charge in [-0.3, -0.25) is 4.79 Å². The van der Waals surface area contributed by atoms with Gasteiger partial charge in [-0.15, -0.1) is 0 Å². The maximum atomic E-state index is 11.3. The molecule has 0 amide bonds. The lowest BCUT2D eigenvalue weighted by molar-refractivity contribution is -0.144. The number of ether oxygens (including phenoxy) is 1. The molecule has 2 N–H and O–H groups in total. The van der Waals surface area contributed by atoms with Crippen molar-refractivity contribution in [1.82, 2.24) is 0 Å². The van der Waals surface area contributed by atoms with Gasteiger partial charge >= 0.3 is 5.97 Å². The molecule has 0 aliphatic carbocycles. The third-order valence-electron chi connectivity index (χ3n) is 2.56. The van der Waals surface area contributed by atoms with Gasteiger partial charge in [0.05, 0.1) is 19.1 Å². The normalized spacial score (nSPS) is 13.5. The highest BCUT2D eigenvalue weighted by Crippen LogP contribution is 2.09. The number of carbonyl (C=O) groups excluding carboxylic acids is 1.